The molecule has 11 heteroatoms. The third-order valence-corrected chi connectivity index (χ3v) is 5.35. The summed E-state index contributed by atoms with van der Waals surface area (Å²) in [5.41, 5.74) is 0.240. The van der Waals surface area contributed by atoms with Crippen LogP contribution in [-0.2, 0) is 20.7 Å². The Morgan fingerprint density at radius 3 is 2.14 bits per heavy atom. The van der Waals surface area contributed by atoms with Crippen LogP contribution < -0.4 is 10.6 Å². The molecule has 0 aliphatic carbocycles. The third kappa shape index (κ3) is 8.12. The number of hydrogen-bond donors (Lipinski definition) is 4. The summed E-state index contributed by atoms with van der Waals surface area (Å²) in [5, 5.41) is 24.9. The third-order valence-electron chi connectivity index (χ3n) is 5.35. The first kappa shape index (κ1) is 28.4. The zero-order valence-corrected chi connectivity index (χ0v) is 20.0. The van der Waals surface area contributed by atoms with E-state index in [0.717, 1.165) is 12.1 Å². The fourth-order valence-electron chi connectivity index (χ4n) is 3.50. The molecular formula is C25H28F2N2O7. The van der Waals surface area contributed by atoms with Crippen LogP contribution >= 0.6 is 0 Å². The maximum absolute atomic E-state index is 13.7. The van der Waals surface area contributed by atoms with Gasteiger partial charge in [-0.3, -0.25) is 9.59 Å². The molecule has 2 rings (SSSR count). The van der Waals surface area contributed by atoms with E-state index < -0.39 is 65.9 Å². The minimum absolute atomic E-state index is 0.0377. The number of carbonyl (C=O) groups excluding carboxylic acids is 3. The fraction of sp³-hybridized carbons (Fsp3) is 0.360. The summed E-state index contributed by atoms with van der Waals surface area (Å²) in [6.45, 7) is 3.19. The van der Waals surface area contributed by atoms with Crippen LogP contribution in [0.25, 0.3) is 0 Å². The number of amides is 2. The van der Waals surface area contributed by atoms with Crippen LogP contribution in [0.5, 0.6) is 0 Å². The molecule has 194 valence electrons. The fourth-order valence-corrected chi connectivity index (χ4v) is 3.50. The van der Waals surface area contributed by atoms with E-state index in [0.29, 0.717) is 6.07 Å². The number of hydrogen-bond acceptors (Lipinski definition) is 6. The lowest BCUT2D eigenvalue weighted by molar-refractivity contribution is -0.143. The van der Waals surface area contributed by atoms with Gasteiger partial charge in [-0.2, -0.15) is 0 Å². The van der Waals surface area contributed by atoms with Crippen molar-refractivity contribution in [1.82, 2.24) is 10.6 Å². The lowest BCUT2D eigenvalue weighted by Crippen LogP contribution is -2.49. The zero-order valence-electron chi connectivity index (χ0n) is 20.0. The second-order valence-corrected chi connectivity index (χ2v) is 8.53. The molecule has 9 nitrogen and oxygen atoms in total. The molecule has 3 atom stereocenters. The van der Waals surface area contributed by atoms with Gasteiger partial charge in [-0.05, 0) is 48.2 Å². The minimum atomic E-state index is -1.55. The van der Waals surface area contributed by atoms with E-state index >= 15 is 0 Å². The molecule has 0 saturated heterocycles. The van der Waals surface area contributed by atoms with Crippen molar-refractivity contribution in [2.45, 2.75) is 44.9 Å². The van der Waals surface area contributed by atoms with Crippen LogP contribution in [0.15, 0.2) is 42.5 Å². The van der Waals surface area contributed by atoms with Gasteiger partial charge in [0, 0.05) is 11.6 Å². The molecule has 2 amide bonds. The monoisotopic (exact) mass is 506 g/mol. The SMILES string of the molecule is COC(=O)c1cccc(C(=O)N[C@@H](Cc2cc(F)cc(F)c2)[C@@H](O)CC(=O)N[C@H](C(=O)O)C(C)C)c1. The molecule has 4 N–H and O–H groups in total. The highest BCUT2D eigenvalue weighted by molar-refractivity contribution is 5.98. The molecular weight excluding hydrogens is 478 g/mol. The Morgan fingerprint density at radius 1 is 0.972 bits per heavy atom. The van der Waals surface area contributed by atoms with Crippen LogP contribution in [0.2, 0.25) is 0 Å². The largest absolute Gasteiger partial charge is 0.480 e. The molecule has 0 radical (unpaired) electrons. The Hall–Kier alpha value is -3.86. The molecule has 0 aliphatic rings. The molecule has 0 spiro atoms. The molecule has 2 aromatic carbocycles. The summed E-state index contributed by atoms with van der Waals surface area (Å²) in [4.78, 5) is 48.5. The van der Waals surface area contributed by atoms with Crippen molar-refractivity contribution < 1.29 is 42.9 Å². The lowest BCUT2D eigenvalue weighted by atomic mass is 9.97. The number of esters is 1. The molecule has 0 heterocycles. The lowest BCUT2D eigenvalue weighted by Gasteiger charge is -2.25. The standard InChI is InChI=1S/C25H28F2N2O7/c1-13(2)22(24(33)34)29-21(31)12-20(30)19(9-14-7-17(26)11-18(27)8-14)28-23(32)15-5-4-6-16(10-15)25(35)36-3/h4-8,10-11,13,19-20,22,30H,9,12H2,1-3H3,(H,28,32)(H,29,31)(H,33,34)/t19-,20-,22-/m0/s1. The Kier molecular flexibility index (Phi) is 10.0. The van der Waals surface area contributed by atoms with Crippen molar-refractivity contribution in [2.75, 3.05) is 7.11 Å². The Bertz CT molecular complexity index is 1100. The second kappa shape index (κ2) is 12.7. The maximum atomic E-state index is 13.7. The molecule has 0 fully saturated rings. The van der Waals surface area contributed by atoms with Crippen LogP contribution in [0, 0.1) is 17.6 Å². The number of ether oxygens (including phenoxy) is 1. The normalized spacial score (nSPS) is 13.4. The van der Waals surface area contributed by atoms with Gasteiger partial charge >= 0.3 is 11.9 Å². The number of aliphatic carboxylic acids is 1. The van der Waals surface area contributed by atoms with Crippen molar-refractivity contribution in [1.29, 1.82) is 0 Å². The van der Waals surface area contributed by atoms with Gasteiger partial charge in [-0.15, -0.1) is 0 Å². The van der Waals surface area contributed by atoms with Crippen molar-refractivity contribution >= 4 is 23.8 Å². The maximum Gasteiger partial charge on any atom is 0.337 e. The molecule has 0 unspecified atom stereocenters. The van der Waals surface area contributed by atoms with E-state index in [9.17, 15) is 38.2 Å². The van der Waals surface area contributed by atoms with E-state index in [1.165, 1.54) is 31.4 Å². The number of aliphatic hydroxyl groups is 1. The molecule has 36 heavy (non-hydrogen) atoms. The highest BCUT2D eigenvalue weighted by Gasteiger charge is 2.28. The Labute approximate surface area is 206 Å². The van der Waals surface area contributed by atoms with E-state index in [2.05, 4.69) is 15.4 Å². The first-order valence-electron chi connectivity index (χ1n) is 11.1. The summed E-state index contributed by atoms with van der Waals surface area (Å²) in [6.07, 6.45) is -2.40. The number of halogens is 2. The van der Waals surface area contributed by atoms with E-state index in [4.69, 9.17) is 0 Å². The smallest absolute Gasteiger partial charge is 0.337 e. The number of aliphatic hydroxyl groups excluding tert-OH is 1. The molecule has 2 aromatic rings. The summed E-state index contributed by atoms with van der Waals surface area (Å²) >= 11 is 0. The molecule has 0 aromatic heterocycles. The first-order chi connectivity index (χ1) is 16.9. The summed E-state index contributed by atoms with van der Waals surface area (Å²) < 4.78 is 32.1. The number of benzene rings is 2. The number of methoxy groups -OCH3 is 1. The van der Waals surface area contributed by atoms with Crippen molar-refractivity contribution in [3.63, 3.8) is 0 Å². The van der Waals surface area contributed by atoms with Crippen molar-refractivity contribution in [3.05, 3.63) is 70.8 Å². The number of nitrogens with one attached hydrogen (secondary N) is 2. The predicted octanol–water partition coefficient (Wildman–Crippen LogP) is 2.07. The summed E-state index contributed by atoms with van der Waals surface area (Å²) in [5.74, 6) is -5.61. The highest BCUT2D eigenvalue weighted by atomic mass is 19.1. The first-order valence-corrected chi connectivity index (χ1v) is 11.1. The van der Waals surface area contributed by atoms with Crippen LogP contribution in [0.1, 0.15) is 46.5 Å². The Balaban J connectivity index is 2.27. The van der Waals surface area contributed by atoms with Gasteiger partial charge in [0.15, 0.2) is 0 Å². The van der Waals surface area contributed by atoms with E-state index in [1.54, 1.807) is 13.8 Å². The van der Waals surface area contributed by atoms with Crippen LogP contribution in [-0.4, -0.2) is 59.3 Å². The summed E-state index contributed by atoms with van der Waals surface area (Å²) in [7, 11) is 1.18. The number of carboxylic acid groups (broad SMARTS) is 1. The molecule has 0 aliphatic heterocycles. The summed E-state index contributed by atoms with van der Waals surface area (Å²) in [6, 6.07) is 5.85. The van der Waals surface area contributed by atoms with Gasteiger partial charge in [-0.1, -0.05) is 19.9 Å². The second-order valence-electron chi connectivity index (χ2n) is 8.53. The van der Waals surface area contributed by atoms with Crippen LogP contribution in [0.4, 0.5) is 8.78 Å². The minimum Gasteiger partial charge on any atom is -0.480 e. The van der Waals surface area contributed by atoms with Crippen molar-refractivity contribution in [2.24, 2.45) is 5.92 Å². The highest BCUT2D eigenvalue weighted by Crippen LogP contribution is 2.15. The number of carboxylic acids is 1. The average Bonchev–Trinajstić information content (AvgIpc) is 2.80. The predicted molar refractivity (Wildman–Crippen MR) is 124 cm³/mol. The van der Waals surface area contributed by atoms with Gasteiger partial charge in [0.05, 0.1) is 31.2 Å². The van der Waals surface area contributed by atoms with Gasteiger partial charge in [0.2, 0.25) is 5.91 Å². The number of carbonyl (C=O) groups is 4. The topological polar surface area (TPSA) is 142 Å². The average molecular weight is 507 g/mol. The van der Waals surface area contributed by atoms with E-state index in [1.807, 2.05) is 0 Å². The van der Waals surface area contributed by atoms with Gasteiger partial charge in [0.1, 0.15) is 17.7 Å². The van der Waals surface area contributed by atoms with Crippen LogP contribution in [0.3, 0.4) is 0 Å². The van der Waals surface area contributed by atoms with Gasteiger partial charge < -0.3 is 25.6 Å². The zero-order chi connectivity index (χ0) is 27.0. The Morgan fingerprint density at radius 2 is 1.58 bits per heavy atom. The molecule has 0 saturated carbocycles. The van der Waals surface area contributed by atoms with Crippen molar-refractivity contribution in [3.8, 4) is 0 Å². The van der Waals surface area contributed by atoms with Gasteiger partial charge in [-0.25, -0.2) is 18.4 Å². The van der Waals surface area contributed by atoms with Gasteiger partial charge in [0.25, 0.3) is 5.91 Å². The number of rotatable bonds is 11. The quantitative estimate of drug-likeness (QED) is 0.342. The molecule has 0 bridgehead atoms. The van der Waals surface area contributed by atoms with E-state index in [-0.39, 0.29) is 23.1 Å².